The molecule has 12 nitrogen and oxygen atoms in total. The quantitative estimate of drug-likeness (QED) is 0.0650. The van der Waals surface area contributed by atoms with Gasteiger partial charge in [0.2, 0.25) is 0 Å². The predicted molar refractivity (Wildman–Crippen MR) is 233 cm³/mol. The first-order valence-corrected chi connectivity index (χ1v) is 29.9. The van der Waals surface area contributed by atoms with Crippen LogP contribution in [0.15, 0.2) is 175 Å². The Morgan fingerprint density at radius 3 is 0.461 bits per heavy atom. The average Bonchev–Trinajstić information content (AvgIpc) is 3.26. The standard InChI is InChI=1S/C30H24S2.2C4F9O6S3/c1-5-13-25(14-6-1)31(26-15-7-2-8-16-26)29-21-23-30(24-22-29)32(27-17-9-3-10-18-27)28-19-11-4-12-20-28;2*5-2(6,7)20(14,15)1(21(16,17)3(8,9)10)22(18,19)4(11,12)13/h1-24H;;/q+2;2*-1. The monoisotopic (exact) mass is 1270 g/mol. The number of halogens is 18. The number of hydrogen-bond acceptors (Lipinski definition) is 12. The van der Waals surface area contributed by atoms with Gasteiger partial charge in [0.25, 0.3) is 0 Å². The van der Waals surface area contributed by atoms with Gasteiger partial charge < -0.3 is 0 Å². The normalized spacial score (nSPS) is 14.0. The van der Waals surface area contributed by atoms with E-state index >= 15 is 0 Å². The molecule has 0 spiro atoms. The molecular weight excluding hydrogens is 1250 g/mol. The van der Waals surface area contributed by atoms with Crippen LogP contribution in [0.2, 0.25) is 0 Å². The Hall–Kier alpha value is -4.76. The van der Waals surface area contributed by atoms with Crippen LogP contribution in [0.25, 0.3) is 0 Å². The van der Waals surface area contributed by atoms with Crippen molar-refractivity contribution in [1.29, 1.82) is 0 Å². The number of alkyl halides is 18. The maximum absolute atomic E-state index is 12.0. The second-order valence-electron chi connectivity index (χ2n) is 13.5. The summed E-state index contributed by atoms with van der Waals surface area (Å²) in [5, 5.41) is 0. The second-order valence-corrected chi connectivity index (χ2v) is 30.4. The molecule has 422 valence electrons. The Labute approximate surface area is 424 Å². The van der Waals surface area contributed by atoms with E-state index in [9.17, 15) is 130 Å². The van der Waals surface area contributed by atoms with Crippen LogP contribution in [0, 0.1) is 7.83 Å². The Morgan fingerprint density at radius 1 is 0.224 bits per heavy atom. The highest BCUT2D eigenvalue weighted by molar-refractivity contribution is 8.30. The van der Waals surface area contributed by atoms with Crippen molar-refractivity contribution in [2.45, 2.75) is 62.4 Å². The van der Waals surface area contributed by atoms with Crippen LogP contribution in [0.4, 0.5) is 79.0 Å². The van der Waals surface area contributed by atoms with Crippen LogP contribution < -0.4 is 0 Å². The summed E-state index contributed by atoms with van der Waals surface area (Å²) in [6, 6.07) is 52.6. The van der Waals surface area contributed by atoms with Crippen molar-refractivity contribution in [3.63, 3.8) is 0 Å². The zero-order valence-corrected chi connectivity index (χ0v) is 42.4. The molecule has 0 aliphatic rings. The Kier molecular flexibility index (Phi) is 19.8. The topological polar surface area (TPSA) is 205 Å². The van der Waals surface area contributed by atoms with E-state index in [2.05, 4.69) is 146 Å². The zero-order valence-electron chi connectivity index (χ0n) is 35.8. The van der Waals surface area contributed by atoms with Gasteiger partial charge in [0.05, 0.1) is 29.6 Å². The first-order chi connectivity index (χ1) is 34.1. The largest absolute Gasteiger partial charge is 0.470 e. The van der Waals surface area contributed by atoms with Crippen LogP contribution >= 0.6 is 0 Å². The van der Waals surface area contributed by atoms with Crippen molar-refractivity contribution in [3.8, 4) is 0 Å². The second kappa shape index (κ2) is 22.9. The van der Waals surface area contributed by atoms with Gasteiger partial charge in [-0.05, 0) is 72.8 Å². The van der Waals surface area contributed by atoms with E-state index in [4.69, 9.17) is 0 Å². The van der Waals surface area contributed by atoms with Crippen LogP contribution in [-0.2, 0) is 80.8 Å². The van der Waals surface area contributed by atoms with Gasteiger partial charge >= 0.3 is 33.0 Å². The summed E-state index contributed by atoms with van der Waals surface area (Å²) in [6.45, 7) is 0. The summed E-state index contributed by atoms with van der Waals surface area (Å²) in [7, 11) is -48.4. The van der Waals surface area contributed by atoms with E-state index in [1.807, 2.05) is 0 Å². The third-order valence-corrected chi connectivity index (χ3v) is 27.0. The van der Waals surface area contributed by atoms with Gasteiger partial charge in [-0.1, -0.05) is 72.8 Å². The molecule has 0 N–H and O–H groups in total. The van der Waals surface area contributed by atoms with Gasteiger partial charge in [-0.25, -0.2) is 0 Å². The molecule has 5 aromatic carbocycles. The van der Waals surface area contributed by atoms with E-state index < -0.39 is 99.9 Å². The molecule has 0 atom stereocenters. The molecule has 0 aliphatic carbocycles. The smallest absolute Gasteiger partial charge is 0.251 e. The Bertz CT molecular complexity index is 2950. The minimum absolute atomic E-state index is 0.122. The molecule has 0 amide bonds. The number of sulfone groups is 6. The molecular formula is C38H24F18O12S8. The lowest BCUT2D eigenvalue weighted by molar-refractivity contribution is -0.0488. The maximum Gasteiger partial charge on any atom is 0.470 e. The highest BCUT2D eigenvalue weighted by Crippen LogP contribution is 2.49. The first-order valence-electron chi connectivity index (χ1n) is 18.5. The van der Waals surface area contributed by atoms with E-state index in [1.54, 1.807) is 0 Å². The van der Waals surface area contributed by atoms with E-state index in [0.29, 0.717) is 0 Å². The Balaban J connectivity index is 0.000000311. The number of benzene rings is 5. The summed E-state index contributed by atoms with van der Waals surface area (Å²) in [4.78, 5) is 8.06. The summed E-state index contributed by atoms with van der Waals surface area (Å²) < 4.78 is 335. The minimum atomic E-state index is -8.02. The van der Waals surface area contributed by atoms with E-state index in [0.717, 1.165) is 0 Å². The molecule has 0 fully saturated rings. The lowest BCUT2D eigenvalue weighted by atomic mass is 10.3. The zero-order chi connectivity index (χ0) is 58.7. The first kappa shape index (κ1) is 65.5. The number of rotatable bonds is 12. The van der Waals surface area contributed by atoms with Crippen LogP contribution in [0.3, 0.4) is 0 Å². The summed E-state index contributed by atoms with van der Waals surface area (Å²) in [5.74, 6) is 0. The number of hydrogen-bond donors (Lipinski definition) is 0. The summed E-state index contributed by atoms with van der Waals surface area (Å²) in [5.41, 5.74) is -42.3. The molecule has 38 heteroatoms. The van der Waals surface area contributed by atoms with E-state index in [-0.39, 0.29) is 21.8 Å². The molecule has 5 rings (SSSR count). The molecule has 0 aromatic heterocycles. The summed E-state index contributed by atoms with van der Waals surface area (Å²) >= 11 is 0. The molecule has 0 saturated heterocycles. The SMILES string of the molecule is O=S(=O)([C-](S(=O)(=O)C(F)(F)F)S(=O)(=O)C(F)(F)F)C(F)(F)F.O=S(=O)([C-](S(=O)(=O)C(F)(F)F)S(=O)(=O)C(F)(F)F)C(F)(F)F.c1ccc([S+](c2ccccc2)c2ccc([S+](c3ccccc3)c3ccccc3)cc2)cc1. The van der Waals surface area contributed by atoms with Crippen molar-refractivity contribution in [1.82, 2.24) is 0 Å². The summed E-state index contributed by atoms with van der Waals surface area (Å²) in [6.07, 6.45) is 0. The minimum Gasteiger partial charge on any atom is -0.251 e. The fourth-order valence-electron chi connectivity index (χ4n) is 5.19. The van der Waals surface area contributed by atoms with Crippen molar-refractivity contribution < 1.29 is 130 Å². The molecule has 0 bridgehead atoms. The van der Waals surface area contributed by atoms with E-state index in [1.165, 1.54) is 29.4 Å². The van der Waals surface area contributed by atoms with Gasteiger partial charge in [-0.3, -0.25) is 50.5 Å². The van der Waals surface area contributed by atoms with Crippen LogP contribution in [-0.4, -0.2) is 83.6 Å². The maximum atomic E-state index is 12.0. The Morgan fingerprint density at radius 2 is 0.342 bits per heavy atom. The van der Waals surface area contributed by atoms with Gasteiger partial charge in [-0.15, -0.1) is 0 Å². The molecule has 0 saturated carbocycles. The lowest BCUT2D eigenvalue weighted by Gasteiger charge is -2.31. The van der Waals surface area contributed by atoms with Gasteiger partial charge in [0.1, 0.15) is 0 Å². The van der Waals surface area contributed by atoms with Crippen LogP contribution in [0.1, 0.15) is 0 Å². The third kappa shape index (κ3) is 14.1. The van der Waals surface area contributed by atoms with Crippen molar-refractivity contribution in [2.75, 3.05) is 0 Å². The molecule has 5 aromatic rings. The highest BCUT2D eigenvalue weighted by Gasteiger charge is 2.65. The third-order valence-electron chi connectivity index (χ3n) is 8.36. The van der Waals surface area contributed by atoms with Crippen molar-refractivity contribution in [3.05, 3.63) is 153 Å². The van der Waals surface area contributed by atoms with Crippen LogP contribution in [0.5, 0.6) is 0 Å². The molecule has 0 radical (unpaired) electrons. The predicted octanol–water partition coefficient (Wildman–Crippen LogP) is 10.4. The van der Waals surface area contributed by atoms with Crippen molar-refractivity contribution >= 4 is 80.8 Å². The highest BCUT2D eigenvalue weighted by atomic mass is 32.3. The average molecular weight is 1270 g/mol. The molecule has 76 heavy (non-hydrogen) atoms. The fourth-order valence-corrected chi connectivity index (χ4v) is 20.8. The molecule has 0 heterocycles. The lowest BCUT2D eigenvalue weighted by Crippen LogP contribution is -2.47. The molecule has 0 aliphatic heterocycles. The fraction of sp³-hybridized carbons (Fsp3) is 0.158. The van der Waals surface area contributed by atoms with Gasteiger partial charge in [0, 0.05) is 0 Å². The van der Waals surface area contributed by atoms with Gasteiger partial charge in [0.15, 0.2) is 88.4 Å². The van der Waals surface area contributed by atoms with Gasteiger partial charge in [-0.2, -0.15) is 79.0 Å². The van der Waals surface area contributed by atoms with Crippen molar-refractivity contribution in [2.24, 2.45) is 0 Å². The molecule has 0 unspecified atom stereocenters.